The van der Waals surface area contributed by atoms with Crippen LogP contribution in [-0.4, -0.2) is 27.4 Å². The van der Waals surface area contributed by atoms with Gasteiger partial charge in [-0.2, -0.15) is 23.5 Å². The molecule has 1 aromatic heterocycles. The number of nitrogens with one attached hydrogen (secondary N) is 1. The summed E-state index contributed by atoms with van der Waals surface area (Å²) in [5, 5.41) is 18.4. The molecule has 3 aromatic rings. The lowest BCUT2D eigenvalue weighted by molar-refractivity contribution is -0.137. The normalized spacial score (nSPS) is 13.5. The van der Waals surface area contributed by atoms with Gasteiger partial charge in [0.1, 0.15) is 10.5 Å². The number of alkyl halides is 3. The van der Waals surface area contributed by atoms with Crippen LogP contribution in [-0.2, 0) is 12.7 Å². The van der Waals surface area contributed by atoms with Gasteiger partial charge in [-0.05, 0) is 31.2 Å². The van der Waals surface area contributed by atoms with Crippen molar-refractivity contribution in [3.05, 3.63) is 57.6 Å². The molecule has 1 N–H and O–H groups in total. The van der Waals surface area contributed by atoms with Crippen molar-refractivity contribution in [1.29, 1.82) is 5.26 Å². The number of thiocarbonyl (C=S) groups is 1. The standard InChI is InChI=1S/C20H15Cl2F3N4OS/c1-19(9-26,27-17(31)11-3-5-12(6-4-11)20(23,24)25)10-29-18(30-2)16-14(22)7-13(21)8-15(16)28-29/h3-8H,10H2,1-2H3,(H,27,31). The second-order valence-electron chi connectivity index (χ2n) is 6.92. The first-order chi connectivity index (χ1) is 14.5. The number of fused-ring (bicyclic) bond motifs is 1. The molecule has 0 spiro atoms. The van der Waals surface area contributed by atoms with Gasteiger partial charge in [0.2, 0.25) is 5.88 Å². The minimum absolute atomic E-state index is 0.01000. The number of aromatic nitrogens is 2. The van der Waals surface area contributed by atoms with Gasteiger partial charge in [-0.15, -0.1) is 0 Å². The van der Waals surface area contributed by atoms with Crippen LogP contribution in [0.4, 0.5) is 13.2 Å². The van der Waals surface area contributed by atoms with Crippen LogP contribution in [0.15, 0.2) is 36.4 Å². The number of methoxy groups -OCH3 is 1. The Labute approximate surface area is 191 Å². The summed E-state index contributed by atoms with van der Waals surface area (Å²) in [6, 6.07) is 9.67. The van der Waals surface area contributed by atoms with E-state index in [2.05, 4.69) is 16.5 Å². The van der Waals surface area contributed by atoms with E-state index in [1.165, 1.54) is 23.9 Å². The lowest BCUT2D eigenvalue weighted by Crippen LogP contribution is -2.47. The molecule has 1 heterocycles. The molecule has 0 aliphatic heterocycles. The quantitative estimate of drug-likeness (QED) is 0.474. The average molecular weight is 487 g/mol. The number of hydrogen-bond acceptors (Lipinski definition) is 4. The molecule has 0 saturated heterocycles. The van der Waals surface area contributed by atoms with Crippen LogP contribution < -0.4 is 10.1 Å². The Morgan fingerprint density at radius 1 is 1.26 bits per heavy atom. The van der Waals surface area contributed by atoms with E-state index in [0.29, 0.717) is 32.4 Å². The summed E-state index contributed by atoms with van der Waals surface area (Å²) in [6.07, 6.45) is -4.45. The molecule has 2 aromatic carbocycles. The summed E-state index contributed by atoms with van der Waals surface area (Å²) in [4.78, 5) is 0.120. The van der Waals surface area contributed by atoms with Gasteiger partial charge in [0.05, 0.1) is 41.2 Å². The van der Waals surface area contributed by atoms with Crippen LogP contribution >= 0.6 is 35.4 Å². The van der Waals surface area contributed by atoms with Crippen LogP contribution in [0.3, 0.4) is 0 Å². The Bertz CT molecular complexity index is 1190. The molecular formula is C20H15Cl2F3N4OS. The van der Waals surface area contributed by atoms with E-state index in [1.807, 2.05) is 0 Å². The Balaban J connectivity index is 1.88. The van der Waals surface area contributed by atoms with E-state index in [0.717, 1.165) is 12.1 Å². The largest absolute Gasteiger partial charge is 0.481 e. The molecule has 0 fully saturated rings. The van der Waals surface area contributed by atoms with E-state index in [-0.39, 0.29) is 11.5 Å². The fraction of sp³-hybridized carbons (Fsp3) is 0.250. The summed E-state index contributed by atoms with van der Waals surface area (Å²) < 4.78 is 45.2. The monoisotopic (exact) mass is 486 g/mol. The van der Waals surface area contributed by atoms with Gasteiger partial charge in [0.15, 0.2) is 0 Å². The minimum Gasteiger partial charge on any atom is -0.481 e. The van der Waals surface area contributed by atoms with E-state index >= 15 is 0 Å². The molecule has 0 aliphatic carbocycles. The number of ether oxygens (including phenoxy) is 1. The highest BCUT2D eigenvalue weighted by Crippen LogP contribution is 2.35. The van der Waals surface area contributed by atoms with Crippen LogP contribution in [0.1, 0.15) is 18.1 Å². The van der Waals surface area contributed by atoms with Gasteiger partial charge >= 0.3 is 6.18 Å². The van der Waals surface area contributed by atoms with E-state index in [1.54, 1.807) is 19.1 Å². The second-order valence-corrected chi connectivity index (χ2v) is 8.17. The molecule has 31 heavy (non-hydrogen) atoms. The third-order valence-corrected chi connectivity index (χ3v) is 5.33. The number of benzene rings is 2. The number of halogens is 5. The average Bonchev–Trinajstić information content (AvgIpc) is 3.03. The van der Waals surface area contributed by atoms with Crippen molar-refractivity contribution >= 4 is 51.3 Å². The van der Waals surface area contributed by atoms with Crippen LogP contribution in [0.2, 0.25) is 10.0 Å². The smallest absolute Gasteiger partial charge is 0.416 e. The molecule has 0 amide bonds. The van der Waals surface area contributed by atoms with Crippen molar-refractivity contribution in [2.45, 2.75) is 25.2 Å². The molecule has 0 bridgehead atoms. The van der Waals surface area contributed by atoms with E-state index in [4.69, 9.17) is 40.2 Å². The third kappa shape index (κ3) is 4.87. The number of hydrogen-bond donors (Lipinski definition) is 1. The molecular weight excluding hydrogens is 472 g/mol. The zero-order chi connectivity index (χ0) is 23.0. The molecule has 5 nitrogen and oxygen atoms in total. The number of nitriles is 1. The summed E-state index contributed by atoms with van der Waals surface area (Å²) in [6.45, 7) is 1.60. The molecule has 1 atom stereocenters. The van der Waals surface area contributed by atoms with Crippen LogP contribution in [0.5, 0.6) is 5.88 Å². The van der Waals surface area contributed by atoms with Crippen molar-refractivity contribution in [1.82, 2.24) is 15.1 Å². The molecule has 11 heteroatoms. The van der Waals surface area contributed by atoms with Gasteiger partial charge in [-0.25, -0.2) is 4.68 Å². The Morgan fingerprint density at radius 2 is 1.90 bits per heavy atom. The van der Waals surface area contributed by atoms with Gasteiger partial charge in [0, 0.05) is 10.6 Å². The zero-order valence-corrected chi connectivity index (χ0v) is 18.5. The van der Waals surface area contributed by atoms with Gasteiger partial charge < -0.3 is 10.1 Å². The first-order valence-electron chi connectivity index (χ1n) is 8.78. The number of rotatable bonds is 5. The molecule has 1 unspecified atom stereocenters. The fourth-order valence-electron chi connectivity index (χ4n) is 3.01. The predicted molar refractivity (Wildman–Crippen MR) is 117 cm³/mol. The molecule has 0 aliphatic rings. The maximum atomic E-state index is 12.8. The Morgan fingerprint density at radius 3 is 2.45 bits per heavy atom. The van der Waals surface area contributed by atoms with Crippen LogP contribution in [0.25, 0.3) is 10.9 Å². The van der Waals surface area contributed by atoms with E-state index < -0.39 is 17.3 Å². The zero-order valence-electron chi connectivity index (χ0n) is 16.2. The Kier molecular flexibility index (Phi) is 6.37. The van der Waals surface area contributed by atoms with Crippen molar-refractivity contribution in [3.63, 3.8) is 0 Å². The van der Waals surface area contributed by atoms with Crippen molar-refractivity contribution in [3.8, 4) is 11.9 Å². The molecule has 0 saturated carbocycles. The lowest BCUT2D eigenvalue weighted by atomic mass is 10.0. The van der Waals surface area contributed by atoms with Crippen LogP contribution in [0, 0.1) is 11.3 Å². The Hall–Kier alpha value is -2.54. The molecule has 0 radical (unpaired) electrons. The highest BCUT2D eigenvalue weighted by atomic mass is 35.5. The van der Waals surface area contributed by atoms with Gasteiger partial charge in [0.25, 0.3) is 0 Å². The van der Waals surface area contributed by atoms with Crippen molar-refractivity contribution < 1.29 is 17.9 Å². The topological polar surface area (TPSA) is 62.9 Å². The highest BCUT2D eigenvalue weighted by Gasteiger charge is 2.31. The molecule has 162 valence electrons. The maximum Gasteiger partial charge on any atom is 0.416 e. The van der Waals surface area contributed by atoms with Crippen molar-refractivity contribution in [2.75, 3.05) is 7.11 Å². The first-order valence-corrected chi connectivity index (χ1v) is 9.94. The lowest BCUT2D eigenvalue weighted by Gasteiger charge is -2.25. The van der Waals surface area contributed by atoms with Crippen molar-refractivity contribution in [2.24, 2.45) is 0 Å². The predicted octanol–water partition coefficient (Wildman–Crippen LogP) is 5.62. The summed E-state index contributed by atoms with van der Waals surface area (Å²) in [7, 11) is 1.45. The minimum atomic E-state index is -4.45. The van der Waals surface area contributed by atoms with Gasteiger partial charge in [-0.1, -0.05) is 47.6 Å². The fourth-order valence-corrected chi connectivity index (χ4v) is 3.93. The SMILES string of the molecule is COc1c2c(Cl)cc(Cl)cc2nn1CC(C)(C#N)NC(=S)c1ccc(C(F)(F)F)cc1. The third-order valence-electron chi connectivity index (χ3n) is 4.48. The first kappa shape index (κ1) is 23.1. The summed E-state index contributed by atoms with van der Waals surface area (Å²) in [5.74, 6) is 0.334. The highest BCUT2D eigenvalue weighted by molar-refractivity contribution is 7.80. The van der Waals surface area contributed by atoms with Gasteiger partial charge in [-0.3, -0.25) is 0 Å². The maximum absolute atomic E-state index is 12.8. The number of nitrogens with zero attached hydrogens (tertiary/aromatic N) is 3. The van der Waals surface area contributed by atoms with E-state index in [9.17, 15) is 18.4 Å². The molecule has 3 rings (SSSR count). The summed E-state index contributed by atoms with van der Waals surface area (Å²) >= 11 is 17.6. The summed E-state index contributed by atoms with van der Waals surface area (Å²) in [5.41, 5.74) is -1.21. The second kappa shape index (κ2) is 8.54.